The predicted octanol–water partition coefficient (Wildman–Crippen LogP) is 0.0200. The highest BCUT2D eigenvalue weighted by molar-refractivity contribution is 7.90. The van der Waals surface area contributed by atoms with Crippen LogP contribution >= 0.6 is 0 Å². The Kier molecular flexibility index (Phi) is 5.12. The Balaban J connectivity index is 2.70. The summed E-state index contributed by atoms with van der Waals surface area (Å²) >= 11 is 0. The second-order valence-electron chi connectivity index (χ2n) is 5.06. The molecule has 1 saturated carbocycles. The van der Waals surface area contributed by atoms with Gasteiger partial charge in [-0.3, -0.25) is 4.79 Å². The number of carbonyl (C=O) groups excluding carboxylic acids is 1. The van der Waals surface area contributed by atoms with Gasteiger partial charge < -0.3 is 9.84 Å². The molecule has 0 aromatic heterocycles. The molecule has 18 heavy (non-hydrogen) atoms. The lowest BCUT2D eigenvalue weighted by Crippen LogP contribution is -2.54. The van der Waals surface area contributed by atoms with Crippen molar-refractivity contribution in [3.8, 4) is 0 Å². The van der Waals surface area contributed by atoms with Gasteiger partial charge in [-0.05, 0) is 31.6 Å². The van der Waals surface area contributed by atoms with Gasteiger partial charge in [-0.2, -0.15) is 0 Å². The first-order valence-electron chi connectivity index (χ1n) is 6.02. The molecule has 2 N–H and O–H groups in total. The number of hydrogen-bond acceptors (Lipinski definition) is 5. The van der Waals surface area contributed by atoms with E-state index >= 15 is 0 Å². The fraction of sp³-hybridized carbons (Fsp3) is 0.909. The van der Waals surface area contributed by atoms with Gasteiger partial charge in [-0.1, -0.05) is 6.92 Å². The quantitative estimate of drug-likeness (QED) is 0.692. The average Bonchev–Trinajstić information content (AvgIpc) is 2.31. The second-order valence-corrected chi connectivity index (χ2v) is 6.78. The van der Waals surface area contributed by atoms with Gasteiger partial charge in [0, 0.05) is 0 Å². The van der Waals surface area contributed by atoms with Crippen molar-refractivity contribution < 1.29 is 23.1 Å². The maximum Gasteiger partial charge on any atom is 0.322 e. The third-order valence-corrected chi connectivity index (χ3v) is 4.80. The highest BCUT2D eigenvalue weighted by atomic mass is 32.2. The summed E-state index contributed by atoms with van der Waals surface area (Å²) in [5.74, 6) is -0.976. The summed E-state index contributed by atoms with van der Waals surface area (Å²) in [6, 6.07) is 0. The molecular formula is C11H21NO5S. The molecule has 1 aliphatic carbocycles. The van der Waals surface area contributed by atoms with E-state index in [1.807, 2.05) is 0 Å². The van der Waals surface area contributed by atoms with Gasteiger partial charge in [0.1, 0.15) is 0 Å². The van der Waals surface area contributed by atoms with Crippen LogP contribution in [0.4, 0.5) is 0 Å². The zero-order chi connectivity index (χ0) is 13.8. The number of ether oxygens (including phenoxy) is 1. The Morgan fingerprint density at radius 1 is 1.44 bits per heavy atom. The van der Waals surface area contributed by atoms with Gasteiger partial charge in [0.25, 0.3) is 0 Å². The summed E-state index contributed by atoms with van der Waals surface area (Å²) in [6.07, 6.45) is 2.90. The van der Waals surface area contributed by atoms with Crippen LogP contribution in [0, 0.1) is 5.92 Å². The maximum atomic E-state index is 11.8. The minimum atomic E-state index is -3.77. The number of sulfonamides is 1. The molecule has 0 atom stereocenters. The van der Waals surface area contributed by atoms with Gasteiger partial charge in [-0.25, -0.2) is 13.1 Å². The highest BCUT2D eigenvalue weighted by Crippen LogP contribution is 2.32. The molecule has 0 heterocycles. The number of nitrogens with one attached hydrogen (secondary N) is 1. The zero-order valence-corrected chi connectivity index (χ0v) is 11.6. The van der Waals surface area contributed by atoms with E-state index in [4.69, 9.17) is 0 Å². The molecule has 6 nitrogen and oxygen atoms in total. The smallest absolute Gasteiger partial charge is 0.322 e. The van der Waals surface area contributed by atoms with E-state index in [9.17, 15) is 18.3 Å². The predicted molar refractivity (Wildman–Crippen MR) is 66.4 cm³/mol. The molecule has 0 bridgehead atoms. The van der Waals surface area contributed by atoms with Crippen molar-refractivity contribution in [2.45, 2.75) is 38.1 Å². The number of aliphatic hydroxyl groups excluding tert-OH is 1. The number of esters is 1. The van der Waals surface area contributed by atoms with Gasteiger partial charge >= 0.3 is 5.97 Å². The Hall–Kier alpha value is -0.660. The lowest BCUT2D eigenvalue weighted by molar-refractivity contribution is -0.137. The van der Waals surface area contributed by atoms with E-state index in [0.717, 1.165) is 20.0 Å². The molecule has 0 aromatic carbocycles. The second kappa shape index (κ2) is 5.99. The van der Waals surface area contributed by atoms with E-state index < -0.39 is 27.3 Å². The largest absolute Gasteiger partial charge is 0.468 e. The third-order valence-electron chi connectivity index (χ3n) is 3.44. The molecule has 0 saturated heterocycles. The van der Waals surface area contributed by atoms with Gasteiger partial charge in [-0.15, -0.1) is 0 Å². The topological polar surface area (TPSA) is 92.7 Å². The Labute approximate surface area is 108 Å². The molecule has 0 amide bonds. The molecular weight excluding hydrogens is 258 g/mol. The van der Waals surface area contributed by atoms with Crippen LogP contribution in [-0.2, 0) is 19.6 Å². The number of rotatable bonds is 5. The van der Waals surface area contributed by atoms with E-state index in [1.54, 1.807) is 0 Å². The molecule has 0 radical (unpaired) electrons. The molecule has 7 heteroatoms. The van der Waals surface area contributed by atoms with Crippen molar-refractivity contribution in [1.29, 1.82) is 0 Å². The van der Waals surface area contributed by atoms with Crippen molar-refractivity contribution in [2.75, 3.05) is 19.5 Å². The minimum Gasteiger partial charge on any atom is -0.468 e. The van der Waals surface area contributed by atoms with Gasteiger partial charge in [0.2, 0.25) is 10.0 Å². The van der Waals surface area contributed by atoms with Crippen LogP contribution in [0.1, 0.15) is 32.6 Å². The molecule has 0 spiro atoms. The zero-order valence-electron chi connectivity index (χ0n) is 10.8. The van der Waals surface area contributed by atoms with Crippen LogP contribution in [-0.4, -0.2) is 44.5 Å². The molecule has 1 aliphatic rings. The van der Waals surface area contributed by atoms with E-state index in [-0.39, 0.29) is 6.61 Å². The first-order valence-corrected chi connectivity index (χ1v) is 7.67. The van der Waals surface area contributed by atoms with Crippen molar-refractivity contribution in [3.05, 3.63) is 0 Å². The van der Waals surface area contributed by atoms with E-state index in [0.29, 0.717) is 18.8 Å². The summed E-state index contributed by atoms with van der Waals surface area (Å²) < 4.78 is 30.4. The maximum absolute atomic E-state index is 11.8. The summed E-state index contributed by atoms with van der Waals surface area (Å²) in [5, 5.41) is 9.44. The normalized spacial score (nSPS) is 28.9. The molecule has 0 aliphatic heterocycles. The van der Waals surface area contributed by atoms with Crippen LogP contribution in [0.3, 0.4) is 0 Å². The van der Waals surface area contributed by atoms with Crippen molar-refractivity contribution in [3.63, 3.8) is 0 Å². The highest BCUT2D eigenvalue weighted by Gasteiger charge is 2.37. The van der Waals surface area contributed by atoms with E-state index in [1.165, 1.54) is 0 Å². The third kappa shape index (κ3) is 4.22. The van der Waals surface area contributed by atoms with Crippen LogP contribution in [0.15, 0.2) is 0 Å². The summed E-state index contributed by atoms with van der Waals surface area (Å²) in [5.41, 5.74) is -0.820. The standard InChI is InChI=1S/C11H21NO5S/c1-9-3-5-11(8-13,6-4-9)12-18(15,16)7-10(14)17-2/h9,12-13H,3-8H2,1-2H3. The monoisotopic (exact) mass is 279 g/mol. The SMILES string of the molecule is COC(=O)CS(=O)(=O)NC1(CO)CCC(C)CC1. The summed E-state index contributed by atoms with van der Waals surface area (Å²) in [7, 11) is -2.62. The Morgan fingerprint density at radius 2 is 2.00 bits per heavy atom. The van der Waals surface area contributed by atoms with Gasteiger partial charge in [0.15, 0.2) is 5.75 Å². The molecule has 0 aromatic rings. The number of hydrogen-bond donors (Lipinski definition) is 2. The first-order chi connectivity index (χ1) is 8.32. The molecule has 106 valence electrons. The minimum absolute atomic E-state index is 0.250. The lowest BCUT2D eigenvalue weighted by atomic mass is 9.78. The summed E-state index contributed by atoms with van der Waals surface area (Å²) in [4.78, 5) is 11.0. The van der Waals surface area contributed by atoms with Crippen molar-refractivity contribution >= 4 is 16.0 Å². The molecule has 0 unspecified atom stereocenters. The first kappa shape index (κ1) is 15.4. The van der Waals surface area contributed by atoms with Crippen LogP contribution in [0.2, 0.25) is 0 Å². The van der Waals surface area contributed by atoms with Crippen LogP contribution in [0.5, 0.6) is 0 Å². The van der Waals surface area contributed by atoms with Crippen molar-refractivity contribution in [1.82, 2.24) is 4.72 Å². The number of methoxy groups -OCH3 is 1. The van der Waals surface area contributed by atoms with Crippen LogP contribution < -0.4 is 4.72 Å². The average molecular weight is 279 g/mol. The van der Waals surface area contributed by atoms with E-state index in [2.05, 4.69) is 16.4 Å². The number of carbonyl (C=O) groups is 1. The van der Waals surface area contributed by atoms with Crippen molar-refractivity contribution in [2.24, 2.45) is 5.92 Å². The van der Waals surface area contributed by atoms with Crippen LogP contribution in [0.25, 0.3) is 0 Å². The molecule has 1 rings (SSSR count). The fourth-order valence-electron chi connectivity index (χ4n) is 2.19. The molecule has 1 fully saturated rings. The Bertz CT molecular complexity index is 384. The van der Waals surface area contributed by atoms with Gasteiger partial charge in [0.05, 0.1) is 19.3 Å². The summed E-state index contributed by atoms with van der Waals surface area (Å²) in [6.45, 7) is 1.85. The Morgan fingerprint density at radius 3 is 2.44 bits per heavy atom. The lowest BCUT2D eigenvalue weighted by Gasteiger charge is -2.38. The fourth-order valence-corrected chi connectivity index (χ4v) is 3.62. The number of aliphatic hydroxyl groups is 1.